The van der Waals surface area contributed by atoms with Crippen molar-refractivity contribution < 1.29 is 4.79 Å². The third-order valence-corrected chi connectivity index (χ3v) is 3.81. The normalized spacial score (nSPS) is 10.7. The van der Waals surface area contributed by atoms with Gasteiger partial charge in [-0.15, -0.1) is 0 Å². The highest BCUT2D eigenvalue weighted by Gasteiger charge is 2.09. The summed E-state index contributed by atoms with van der Waals surface area (Å²) in [5, 5.41) is 0.575. The van der Waals surface area contributed by atoms with Gasteiger partial charge in [-0.05, 0) is 24.6 Å². The van der Waals surface area contributed by atoms with Crippen molar-refractivity contribution in [3.05, 3.63) is 28.8 Å². The summed E-state index contributed by atoms with van der Waals surface area (Å²) in [5.41, 5.74) is 6.91. The number of carbonyl (C=O) groups is 1. The fourth-order valence-electron chi connectivity index (χ4n) is 2.34. The van der Waals surface area contributed by atoms with E-state index in [1.807, 2.05) is 0 Å². The lowest BCUT2D eigenvalue weighted by molar-refractivity contribution is 0.0980. The van der Waals surface area contributed by atoms with Gasteiger partial charge in [-0.2, -0.15) is 0 Å². The predicted molar refractivity (Wildman–Crippen MR) is 87.4 cm³/mol. The molecule has 1 rings (SSSR count). The minimum atomic E-state index is 0.130. The number of rotatable bonds is 10. The van der Waals surface area contributed by atoms with Crippen LogP contribution in [0.4, 0.5) is 5.69 Å². The Morgan fingerprint density at radius 2 is 1.65 bits per heavy atom. The summed E-state index contributed by atoms with van der Waals surface area (Å²) in [5.74, 6) is 0.130. The van der Waals surface area contributed by atoms with Crippen LogP contribution < -0.4 is 5.73 Å². The third kappa shape index (κ3) is 6.42. The lowest BCUT2D eigenvalue weighted by Gasteiger charge is -2.05. The molecule has 2 N–H and O–H groups in total. The number of unbranched alkanes of at least 4 members (excludes halogenated alkanes) is 7. The van der Waals surface area contributed by atoms with E-state index in [2.05, 4.69) is 6.92 Å². The second-order valence-electron chi connectivity index (χ2n) is 5.38. The average Bonchev–Trinajstić information content (AvgIpc) is 2.41. The number of benzene rings is 1. The van der Waals surface area contributed by atoms with Gasteiger partial charge in [-0.1, -0.05) is 63.5 Å². The molecule has 0 fully saturated rings. The van der Waals surface area contributed by atoms with Gasteiger partial charge in [-0.25, -0.2) is 0 Å². The monoisotopic (exact) mass is 295 g/mol. The van der Waals surface area contributed by atoms with Gasteiger partial charge < -0.3 is 5.73 Å². The molecule has 0 aliphatic heterocycles. The van der Waals surface area contributed by atoms with Gasteiger partial charge in [0.25, 0.3) is 0 Å². The maximum absolute atomic E-state index is 12.0. The summed E-state index contributed by atoms with van der Waals surface area (Å²) in [7, 11) is 0. The Balaban J connectivity index is 2.17. The molecule has 1 aromatic carbocycles. The van der Waals surface area contributed by atoms with E-state index in [-0.39, 0.29) is 5.78 Å². The van der Waals surface area contributed by atoms with E-state index in [9.17, 15) is 4.79 Å². The Hall–Kier alpha value is -1.02. The van der Waals surface area contributed by atoms with Gasteiger partial charge in [0, 0.05) is 22.7 Å². The molecular formula is C17H26ClNO. The number of anilines is 1. The van der Waals surface area contributed by atoms with Crippen LogP contribution in [0.1, 0.15) is 75.1 Å². The Kier molecular flexibility index (Phi) is 8.36. The molecule has 0 aliphatic rings. The molecule has 112 valence electrons. The number of Topliss-reactive ketones (excluding diaryl/α,β-unsaturated/α-hetero) is 1. The van der Waals surface area contributed by atoms with Crippen molar-refractivity contribution in [2.24, 2.45) is 0 Å². The van der Waals surface area contributed by atoms with Crippen molar-refractivity contribution >= 4 is 23.1 Å². The van der Waals surface area contributed by atoms with E-state index in [0.717, 1.165) is 12.8 Å². The number of halogens is 1. The molecule has 0 heterocycles. The summed E-state index contributed by atoms with van der Waals surface area (Å²) in [6, 6.07) is 5.09. The van der Waals surface area contributed by atoms with Crippen LogP contribution in [0.5, 0.6) is 0 Å². The van der Waals surface area contributed by atoms with Crippen LogP contribution in [0.3, 0.4) is 0 Å². The number of carbonyl (C=O) groups excluding carboxylic acids is 1. The molecule has 0 unspecified atom stereocenters. The van der Waals surface area contributed by atoms with Crippen molar-refractivity contribution in [1.29, 1.82) is 0 Å². The lowest BCUT2D eigenvalue weighted by atomic mass is 10.0. The lowest BCUT2D eigenvalue weighted by Crippen LogP contribution is -2.03. The van der Waals surface area contributed by atoms with Crippen LogP contribution in [0.2, 0.25) is 5.02 Å². The van der Waals surface area contributed by atoms with Crippen LogP contribution in [0, 0.1) is 0 Å². The molecule has 0 saturated carbocycles. The van der Waals surface area contributed by atoms with E-state index in [1.165, 1.54) is 38.5 Å². The van der Waals surface area contributed by atoms with Gasteiger partial charge in [0.1, 0.15) is 0 Å². The van der Waals surface area contributed by atoms with E-state index >= 15 is 0 Å². The van der Waals surface area contributed by atoms with Gasteiger partial charge in [-0.3, -0.25) is 4.79 Å². The Morgan fingerprint density at radius 1 is 1.05 bits per heavy atom. The standard InChI is InChI=1S/C17H26ClNO/c1-2-3-4-5-6-7-8-9-10-17(20)15-12-11-14(18)13-16(15)19/h11-13H,2-10,19H2,1H3. The van der Waals surface area contributed by atoms with E-state index < -0.39 is 0 Å². The first-order chi connectivity index (χ1) is 9.65. The molecule has 20 heavy (non-hydrogen) atoms. The van der Waals surface area contributed by atoms with Crippen molar-refractivity contribution in [1.82, 2.24) is 0 Å². The topological polar surface area (TPSA) is 43.1 Å². The maximum Gasteiger partial charge on any atom is 0.164 e. The van der Waals surface area contributed by atoms with Crippen molar-refractivity contribution in [3.63, 3.8) is 0 Å². The fraction of sp³-hybridized carbons (Fsp3) is 0.588. The number of hydrogen-bond acceptors (Lipinski definition) is 2. The molecule has 0 atom stereocenters. The van der Waals surface area contributed by atoms with Gasteiger partial charge >= 0.3 is 0 Å². The smallest absolute Gasteiger partial charge is 0.164 e. The zero-order valence-electron chi connectivity index (χ0n) is 12.5. The van der Waals surface area contributed by atoms with Crippen LogP contribution in [0.15, 0.2) is 18.2 Å². The Bertz CT molecular complexity index is 417. The van der Waals surface area contributed by atoms with Crippen molar-refractivity contribution in [2.75, 3.05) is 5.73 Å². The summed E-state index contributed by atoms with van der Waals surface area (Å²) in [6.07, 6.45) is 10.5. The quantitative estimate of drug-likeness (QED) is 0.345. The molecular weight excluding hydrogens is 270 g/mol. The van der Waals surface area contributed by atoms with Crippen LogP contribution in [-0.4, -0.2) is 5.78 Å². The summed E-state index contributed by atoms with van der Waals surface area (Å²) < 4.78 is 0. The number of ketones is 1. The molecule has 0 saturated heterocycles. The first-order valence-electron chi connectivity index (χ1n) is 7.73. The van der Waals surface area contributed by atoms with Crippen LogP contribution in [-0.2, 0) is 0 Å². The largest absolute Gasteiger partial charge is 0.398 e. The SMILES string of the molecule is CCCCCCCCCCC(=O)c1ccc(Cl)cc1N. The third-order valence-electron chi connectivity index (χ3n) is 3.57. The second kappa shape index (κ2) is 9.82. The number of nitrogens with two attached hydrogens (primary N) is 1. The number of hydrogen-bond donors (Lipinski definition) is 1. The number of nitrogen functional groups attached to an aromatic ring is 1. The van der Waals surface area contributed by atoms with E-state index in [4.69, 9.17) is 17.3 Å². The van der Waals surface area contributed by atoms with Crippen molar-refractivity contribution in [2.45, 2.75) is 64.7 Å². The summed E-state index contributed by atoms with van der Waals surface area (Å²) in [4.78, 5) is 12.0. The zero-order chi connectivity index (χ0) is 14.8. The first kappa shape index (κ1) is 17.0. The van der Waals surface area contributed by atoms with E-state index in [0.29, 0.717) is 22.7 Å². The predicted octanol–water partition coefficient (Wildman–Crippen LogP) is 5.64. The minimum absolute atomic E-state index is 0.130. The van der Waals surface area contributed by atoms with Gasteiger partial charge in [0.15, 0.2) is 5.78 Å². The first-order valence-corrected chi connectivity index (χ1v) is 8.11. The molecule has 0 spiro atoms. The molecule has 1 aromatic rings. The second-order valence-corrected chi connectivity index (χ2v) is 5.82. The fourth-order valence-corrected chi connectivity index (χ4v) is 2.52. The average molecular weight is 296 g/mol. The zero-order valence-corrected chi connectivity index (χ0v) is 13.2. The molecule has 0 bridgehead atoms. The molecule has 0 amide bonds. The molecule has 0 aliphatic carbocycles. The van der Waals surface area contributed by atoms with E-state index in [1.54, 1.807) is 18.2 Å². The van der Waals surface area contributed by atoms with Crippen LogP contribution >= 0.6 is 11.6 Å². The molecule has 2 nitrogen and oxygen atoms in total. The Labute approximate surface area is 127 Å². The van der Waals surface area contributed by atoms with Crippen molar-refractivity contribution in [3.8, 4) is 0 Å². The van der Waals surface area contributed by atoms with Gasteiger partial charge in [0.2, 0.25) is 0 Å². The summed E-state index contributed by atoms with van der Waals surface area (Å²) >= 11 is 5.83. The highest BCUT2D eigenvalue weighted by molar-refractivity contribution is 6.31. The highest BCUT2D eigenvalue weighted by Crippen LogP contribution is 2.20. The van der Waals surface area contributed by atoms with Gasteiger partial charge in [0.05, 0.1) is 0 Å². The maximum atomic E-state index is 12.0. The minimum Gasteiger partial charge on any atom is -0.398 e. The summed E-state index contributed by atoms with van der Waals surface area (Å²) in [6.45, 7) is 2.23. The molecule has 3 heteroatoms. The highest BCUT2D eigenvalue weighted by atomic mass is 35.5. The molecule has 0 radical (unpaired) electrons. The molecule has 0 aromatic heterocycles. The Morgan fingerprint density at radius 3 is 2.25 bits per heavy atom. The van der Waals surface area contributed by atoms with Crippen LogP contribution in [0.25, 0.3) is 0 Å².